The normalized spacial score (nSPS) is 11.8. The van der Waals surface area contributed by atoms with Crippen LogP contribution in [-0.4, -0.2) is 35.8 Å². The summed E-state index contributed by atoms with van der Waals surface area (Å²) >= 11 is 3.31. The predicted molar refractivity (Wildman–Crippen MR) is 80.5 cm³/mol. The summed E-state index contributed by atoms with van der Waals surface area (Å²) in [7, 11) is -2.28. The third-order valence-electron chi connectivity index (χ3n) is 2.91. The number of nitrogens with zero attached hydrogens (tertiary/aromatic N) is 1. The maximum Gasteiger partial charge on any atom is 0.352 e. The molecule has 8 heteroatoms. The smallest absolute Gasteiger partial charge is 0.352 e. The van der Waals surface area contributed by atoms with Crippen molar-refractivity contribution in [3.8, 4) is 0 Å². The first kappa shape index (κ1) is 15.7. The van der Waals surface area contributed by atoms with E-state index >= 15 is 0 Å². The molecule has 2 aromatic rings. The van der Waals surface area contributed by atoms with Gasteiger partial charge in [0.15, 0.2) is 0 Å². The van der Waals surface area contributed by atoms with E-state index in [1.807, 2.05) is 24.3 Å². The molecule has 0 spiro atoms. The quantitative estimate of drug-likeness (QED) is 0.842. The molecule has 0 saturated heterocycles. The molecule has 0 radical (unpaired) electrons. The zero-order valence-electron chi connectivity index (χ0n) is 11.1. The van der Waals surface area contributed by atoms with E-state index in [-0.39, 0.29) is 17.1 Å². The van der Waals surface area contributed by atoms with Gasteiger partial charge in [0.2, 0.25) is 10.0 Å². The number of aromatic nitrogens is 1. The Kier molecular flexibility index (Phi) is 4.50. The Morgan fingerprint density at radius 3 is 2.48 bits per heavy atom. The summed E-state index contributed by atoms with van der Waals surface area (Å²) in [5.41, 5.74) is 0.670. The number of carboxylic acids is 1. The second-order valence-corrected chi connectivity index (χ2v) is 7.40. The molecule has 2 N–H and O–H groups in total. The summed E-state index contributed by atoms with van der Waals surface area (Å²) in [5.74, 6) is -1.20. The topological polar surface area (TPSA) is 90.5 Å². The maximum absolute atomic E-state index is 12.3. The van der Waals surface area contributed by atoms with E-state index in [0.717, 1.165) is 16.1 Å². The Labute approximate surface area is 130 Å². The van der Waals surface area contributed by atoms with E-state index < -0.39 is 16.0 Å². The van der Waals surface area contributed by atoms with Gasteiger partial charge in [-0.2, -0.15) is 4.31 Å². The second-order valence-electron chi connectivity index (χ2n) is 4.44. The molecular formula is C13H13BrN2O4S. The molecule has 0 aliphatic heterocycles. The number of benzene rings is 1. The van der Waals surface area contributed by atoms with Crippen LogP contribution in [0.3, 0.4) is 0 Å². The van der Waals surface area contributed by atoms with Crippen molar-refractivity contribution in [1.29, 1.82) is 0 Å². The number of aromatic amines is 1. The van der Waals surface area contributed by atoms with Crippen molar-refractivity contribution in [1.82, 2.24) is 9.29 Å². The SMILES string of the molecule is CN(Cc1ccc(Br)cc1)S(=O)(=O)c1c[nH]c(C(=O)O)c1. The second kappa shape index (κ2) is 6.00. The highest BCUT2D eigenvalue weighted by Crippen LogP contribution is 2.19. The highest BCUT2D eigenvalue weighted by molar-refractivity contribution is 9.10. The highest BCUT2D eigenvalue weighted by Gasteiger charge is 2.23. The molecule has 112 valence electrons. The van der Waals surface area contributed by atoms with Crippen LogP contribution in [0.5, 0.6) is 0 Å². The van der Waals surface area contributed by atoms with E-state index in [2.05, 4.69) is 20.9 Å². The lowest BCUT2D eigenvalue weighted by Crippen LogP contribution is -2.26. The van der Waals surface area contributed by atoms with Crippen LogP contribution in [0.25, 0.3) is 0 Å². The Morgan fingerprint density at radius 2 is 1.95 bits per heavy atom. The zero-order valence-corrected chi connectivity index (χ0v) is 13.5. The van der Waals surface area contributed by atoms with Gasteiger partial charge >= 0.3 is 5.97 Å². The van der Waals surface area contributed by atoms with Crippen molar-refractivity contribution in [2.45, 2.75) is 11.4 Å². The van der Waals surface area contributed by atoms with Gasteiger partial charge in [-0.15, -0.1) is 0 Å². The third-order valence-corrected chi connectivity index (χ3v) is 5.22. The molecule has 0 unspecified atom stereocenters. The number of aromatic carboxylic acids is 1. The van der Waals surface area contributed by atoms with Gasteiger partial charge in [0.1, 0.15) is 10.6 Å². The molecular weight excluding hydrogens is 360 g/mol. The van der Waals surface area contributed by atoms with Gasteiger partial charge in [0.05, 0.1) is 0 Å². The first-order chi connectivity index (χ1) is 9.80. The van der Waals surface area contributed by atoms with Crippen LogP contribution in [0.15, 0.2) is 45.9 Å². The molecule has 1 aromatic heterocycles. The van der Waals surface area contributed by atoms with Crippen LogP contribution in [0.2, 0.25) is 0 Å². The van der Waals surface area contributed by atoms with Gasteiger partial charge in [-0.1, -0.05) is 28.1 Å². The number of H-pyrrole nitrogens is 1. The number of halogens is 1. The minimum atomic E-state index is -3.73. The minimum Gasteiger partial charge on any atom is -0.477 e. The monoisotopic (exact) mass is 372 g/mol. The fraction of sp³-hybridized carbons (Fsp3) is 0.154. The molecule has 0 fully saturated rings. The van der Waals surface area contributed by atoms with Gasteiger partial charge in [-0.3, -0.25) is 0 Å². The first-order valence-corrected chi connectivity index (χ1v) is 8.16. The minimum absolute atomic E-state index is 0.0699. The lowest BCUT2D eigenvalue weighted by molar-refractivity contribution is 0.0691. The molecule has 1 aromatic carbocycles. The fourth-order valence-electron chi connectivity index (χ4n) is 1.76. The number of hydrogen-bond donors (Lipinski definition) is 2. The van der Waals surface area contributed by atoms with Crippen molar-refractivity contribution in [2.24, 2.45) is 0 Å². The van der Waals surface area contributed by atoms with E-state index in [1.165, 1.54) is 17.5 Å². The van der Waals surface area contributed by atoms with Crippen molar-refractivity contribution < 1.29 is 18.3 Å². The Bertz CT molecular complexity index is 753. The molecule has 6 nitrogen and oxygen atoms in total. The Balaban J connectivity index is 2.21. The van der Waals surface area contributed by atoms with Crippen LogP contribution in [-0.2, 0) is 16.6 Å². The van der Waals surface area contributed by atoms with Crippen molar-refractivity contribution in [3.05, 3.63) is 52.3 Å². The molecule has 2 rings (SSSR count). The number of carboxylic acid groups (broad SMARTS) is 1. The highest BCUT2D eigenvalue weighted by atomic mass is 79.9. The van der Waals surface area contributed by atoms with E-state index in [9.17, 15) is 13.2 Å². The third kappa shape index (κ3) is 3.52. The molecule has 0 atom stereocenters. The number of carbonyl (C=O) groups is 1. The predicted octanol–water partition coefficient (Wildman–Crippen LogP) is 2.30. The van der Waals surface area contributed by atoms with Gasteiger partial charge in [-0.05, 0) is 23.8 Å². The Hall–Kier alpha value is -1.64. The molecule has 0 aliphatic carbocycles. The van der Waals surface area contributed by atoms with Crippen LogP contribution in [0.4, 0.5) is 0 Å². The lowest BCUT2D eigenvalue weighted by Gasteiger charge is -2.16. The van der Waals surface area contributed by atoms with Gasteiger partial charge in [0, 0.05) is 24.3 Å². The Morgan fingerprint density at radius 1 is 1.33 bits per heavy atom. The van der Waals surface area contributed by atoms with Crippen LogP contribution in [0.1, 0.15) is 16.1 Å². The van der Waals surface area contributed by atoms with Crippen molar-refractivity contribution >= 4 is 31.9 Å². The standard InChI is InChI=1S/C13H13BrN2O4S/c1-16(8-9-2-4-10(14)5-3-9)21(19,20)11-6-12(13(17)18)15-7-11/h2-7,15H,8H2,1H3,(H,17,18). The summed E-state index contributed by atoms with van der Waals surface area (Å²) in [6, 6.07) is 8.39. The molecule has 0 amide bonds. The van der Waals surface area contributed by atoms with Crippen LogP contribution in [0, 0.1) is 0 Å². The number of sulfonamides is 1. The zero-order chi connectivity index (χ0) is 15.6. The van der Waals surface area contributed by atoms with Crippen LogP contribution >= 0.6 is 15.9 Å². The average Bonchev–Trinajstić information content (AvgIpc) is 2.91. The average molecular weight is 373 g/mol. The summed E-state index contributed by atoms with van der Waals surface area (Å²) in [6.45, 7) is 0.198. The fourth-order valence-corrected chi connectivity index (χ4v) is 3.18. The van der Waals surface area contributed by atoms with Gasteiger partial charge in [-0.25, -0.2) is 13.2 Å². The summed E-state index contributed by atoms with van der Waals surface area (Å²) in [4.78, 5) is 13.1. The largest absolute Gasteiger partial charge is 0.477 e. The molecule has 0 aliphatic rings. The van der Waals surface area contributed by atoms with E-state index in [1.54, 1.807) is 0 Å². The van der Waals surface area contributed by atoms with E-state index in [4.69, 9.17) is 5.11 Å². The molecule has 21 heavy (non-hydrogen) atoms. The maximum atomic E-state index is 12.3. The molecule has 1 heterocycles. The number of nitrogens with one attached hydrogen (secondary N) is 1. The molecule has 0 saturated carbocycles. The lowest BCUT2D eigenvalue weighted by atomic mass is 10.2. The van der Waals surface area contributed by atoms with Crippen molar-refractivity contribution in [3.63, 3.8) is 0 Å². The first-order valence-electron chi connectivity index (χ1n) is 5.93. The summed E-state index contributed by atoms with van der Waals surface area (Å²) in [6.07, 6.45) is 1.18. The summed E-state index contributed by atoms with van der Waals surface area (Å²) in [5, 5.41) is 8.82. The van der Waals surface area contributed by atoms with Crippen LogP contribution < -0.4 is 0 Å². The summed E-state index contributed by atoms with van der Waals surface area (Å²) < 4.78 is 26.8. The van der Waals surface area contributed by atoms with E-state index in [0.29, 0.717) is 0 Å². The molecule has 0 bridgehead atoms. The number of hydrogen-bond acceptors (Lipinski definition) is 3. The number of rotatable bonds is 5. The van der Waals surface area contributed by atoms with Gasteiger partial charge in [0.25, 0.3) is 0 Å². The van der Waals surface area contributed by atoms with Gasteiger partial charge < -0.3 is 10.1 Å². The van der Waals surface area contributed by atoms with Crippen molar-refractivity contribution in [2.75, 3.05) is 7.05 Å².